The standard InChI is InChI=1S/C20H20N4O2/c1-22-10-5-8-18(22)20(26)23-11-9-17-16(14-23)12-19(25)24(21-17)13-15-6-3-2-4-7-15/h2-8,10,12H,9,11,13-14H2,1H3. The van der Waals surface area contributed by atoms with Crippen LogP contribution in [-0.4, -0.2) is 31.7 Å². The van der Waals surface area contributed by atoms with Crippen LogP contribution in [0.3, 0.4) is 0 Å². The fourth-order valence-corrected chi connectivity index (χ4v) is 3.33. The molecule has 0 aliphatic carbocycles. The lowest BCUT2D eigenvalue weighted by Crippen LogP contribution is -2.39. The number of benzene rings is 1. The smallest absolute Gasteiger partial charge is 0.270 e. The van der Waals surface area contributed by atoms with Crippen molar-refractivity contribution >= 4 is 5.91 Å². The van der Waals surface area contributed by atoms with Gasteiger partial charge in [-0.05, 0) is 17.7 Å². The first kappa shape index (κ1) is 16.3. The Morgan fingerprint density at radius 3 is 2.69 bits per heavy atom. The predicted octanol–water partition coefficient (Wildman–Crippen LogP) is 1.83. The summed E-state index contributed by atoms with van der Waals surface area (Å²) in [4.78, 5) is 26.9. The third-order valence-corrected chi connectivity index (χ3v) is 4.77. The number of carbonyl (C=O) groups is 1. The van der Waals surface area contributed by atoms with Crippen molar-refractivity contribution < 1.29 is 4.79 Å². The molecule has 6 nitrogen and oxygen atoms in total. The van der Waals surface area contributed by atoms with Crippen LogP contribution in [0.4, 0.5) is 0 Å². The van der Waals surface area contributed by atoms with Crippen LogP contribution in [0.15, 0.2) is 59.5 Å². The Bertz CT molecular complexity index is 1000. The van der Waals surface area contributed by atoms with E-state index in [-0.39, 0.29) is 11.5 Å². The Kier molecular flexibility index (Phi) is 4.16. The van der Waals surface area contributed by atoms with Crippen molar-refractivity contribution in [1.29, 1.82) is 0 Å². The van der Waals surface area contributed by atoms with Gasteiger partial charge in [0.1, 0.15) is 5.69 Å². The van der Waals surface area contributed by atoms with Crippen LogP contribution in [0.5, 0.6) is 0 Å². The molecule has 1 amide bonds. The lowest BCUT2D eigenvalue weighted by Gasteiger charge is -2.28. The van der Waals surface area contributed by atoms with Gasteiger partial charge in [0.05, 0.1) is 12.2 Å². The first-order chi connectivity index (χ1) is 12.6. The molecule has 1 aliphatic heterocycles. The number of hydrogen-bond donors (Lipinski definition) is 0. The molecule has 0 saturated carbocycles. The van der Waals surface area contributed by atoms with Crippen molar-refractivity contribution in [2.75, 3.05) is 6.54 Å². The number of aryl methyl sites for hydroxylation is 1. The number of aromatic nitrogens is 3. The molecule has 26 heavy (non-hydrogen) atoms. The maximum atomic E-state index is 12.7. The molecule has 1 aliphatic rings. The summed E-state index contributed by atoms with van der Waals surface area (Å²) in [5.41, 5.74) is 3.29. The summed E-state index contributed by atoms with van der Waals surface area (Å²) in [6.45, 7) is 1.49. The summed E-state index contributed by atoms with van der Waals surface area (Å²) in [5, 5.41) is 4.54. The molecule has 0 bridgehead atoms. The molecular formula is C20H20N4O2. The first-order valence-corrected chi connectivity index (χ1v) is 8.66. The van der Waals surface area contributed by atoms with Crippen molar-refractivity contribution in [3.05, 3.63) is 87.6 Å². The molecule has 0 spiro atoms. The lowest BCUT2D eigenvalue weighted by atomic mass is 10.1. The summed E-state index contributed by atoms with van der Waals surface area (Å²) in [5.74, 6) is -0.0170. The van der Waals surface area contributed by atoms with Crippen LogP contribution >= 0.6 is 0 Å². The highest BCUT2D eigenvalue weighted by Crippen LogP contribution is 2.18. The molecule has 0 radical (unpaired) electrons. The van der Waals surface area contributed by atoms with Crippen LogP contribution in [0.25, 0.3) is 0 Å². The Morgan fingerprint density at radius 1 is 1.15 bits per heavy atom. The normalized spacial score (nSPS) is 13.5. The molecule has 0 fully saturated rings. The zero-order chi connectivity index (χ0) is 18.1. The van der Waals surface area contributed by atoms with E-state index in [1.54, 1.807) is 11.0 Å². The molecule has 1 aromatic carbocycles. The van der Waals surface area contributed by atoms with Gasteiger partial charge in [0.2, 0.25) is 0 Å². The second-order valence-electron chi connectivity index (χ2n) is 6.58. The highest BCUT2D eigenvalue weighted by molar-refractivity contribution is 5.92. The molecule has 0 saturated heterocycles. The van der Waals surface area contributed by atoms with Crippen LogP contribution < -0.4 is 5.56 Å². The molecule has 3 heterocycles. The van der Waals surface area contributed by atoms with E-state index in [0.29, 0.717) is 31.7 Å². The van der Waals surface area contributed by atoms with E-state index in [1.807, 2.05) is 60.3 Å². The maximum absolute atomic E-state index is 12.7. The molecule has 3 aromatic rings. The van der Waals surface area contributed by atoms with Crippen molar-refractivity contribution in [2.24, 2.45) is 7.05 Å². The van der Waals surface area contributed by atoms with Gasteiger partial charge in [0, 0.05) is 44.4 Å². The van der Waals surface area contributed by atoms with Gasteiger partial charge in [0.15, 0.2) is 0 Å². The monoisotopic (exact) mass is 348 g/mol. The highest BCUT2D eigenvalue weighted by Gasteiger charge is 2.24. The Morgan fingerprint density at radius 2 is 1.96 bits per heavy atom. The van der Waals surface area contributed by atoms with Gasteiger partial charge in [-0.1, -0.05) is 30.3 Å². The van der Waals surface area contributed by atoms with E-state index < -0.39 is 0 Å². The summed E-state index contributed by atoms with van der Waals surface area (Å²) in [6, 6.07) is 15.1. The fourth-order valence-electron chi connectivity index (χ4n) is 3.33. The second-order valence-corrected chi connectivity index (χ2v) is 6.58. The van der Waals surface area contributed by atoms with E-state index in [9.17, 15) is 9.59 Å². The quantitative estimate of drug-likeness (QED) is 0.725. The second kappa shape index (κ2) is 6.63. The van der Waals surface area contributed by atoms with Gasteiger partial charge in [-0.15, -0.1) is 0 Å². The number of fused-ring (bicyclic) bond motifs is 1. The highest BCUT2D eigenvalue weighted by atomic mass is 16.2. The fraction of sp³-hybridized carbons (Fsp3) is 0.250. The molecule has 2 aromatic heterocycles. The summed E-state index contributed by atoms with van der Waals surface area (Å²) in [7, 11) is 1.86. The molecule has 0 unspecified atom stereocenters. The van der Waals surface area contributed by atoms with Gasteiger partial charge >= 0.3 is 0 Å². The number of rotatable bonds is 3. The molecule has 6 heteroatoms. The van der Waals surface area contributed by atoms with E-state index in [2.05, 4.69) is 5.10 Å². The van der Waals surface area contributed by atoms with Crippen molar-refractivity contribution in [3.8, 4) is 0 Å². The minimum absolute atomic E-state index is 0.0170. The average molecular weight is 348 g/mol. The van der Waals surface area contributed by atoms with Gasteiger partial charge in [-0.25, -0.2) is 4.68 Å². The van der Waals surface area contributed by atoms with E-state index in [0.717, 1.165) is 16.8 Å². The third kappa shape index (κ3) is 3.06. The lowest BCUT2D eigenvalue weighted by molar-refractivity contribution is 0.0723. The number of hydrogen-bond acceptors (Lipinski definition) is 3. The SMILES string of the molecule is Cn1cccc1C(=O)N1CCc2nn(Cc3ccccc3)c(=O)cc2C1. The van der Waals surface area contributed by atoms with E-state index >= 15 is 0 Å². The summed E-state index contributed by atoms with van der Waals surface area (Å²) < 4.78 is 3.32. The number of carbonyl (C=O) groups excluding carboxylic acids is 1. The van der Waals surface area contributed by atoms with Crippen LogP contribution in [0.1, 0.15) is 27.3 Å². The van der Waals surface area contributed by atoms with Gasteiger partial charge in [-0.2, -0.15) is 5.10 Å². The van der Waals surface area contributed by atoms with Crippen LogP contribution in [0.2, 0.25) is 0 Å². The predicted molar refractivity (Wildman–Crippen MR) is 97.9 cm³/mol. The van der Waals surface area contributed by atoms with Crippen LogP contribution in [-0.2, 0) is 26.6 Å². The summed E-state index contributed by atoms with van der Waals surface area (Å²) in [6.07, 6.45) is 2.51. The molecule has 0 N–H and O–H groups in total. The molecular weight excluding hydrogens is 328 g/mol. The van der Waals surface area contributed by atoms with E-state index in [4.69, 9.17) is 0 Å². The van der Waals surface area contributed by atoms with E-state index in [1.165, 1.54) is 4.68 Å². The molecule has 0 atom stereocenters. The van der Waals surface area contributed by atoms with Crippen molar-refractivity contribution in [1.82, 2.24) is 19.2 Å². The first-order valence-electron chi connectivity index (χ1n) is 8.66. The zero-order valence-electron chi connectivity index (χ0n) is 14.6. The maximum Gasteiger partial charge on any atom is 0.270 e. The Hall–Kier alpha value is -3.15. The average Bonchev–Trinajstić information content (AvgIpc) is 3.08. The third-order valence-electron chi connectivity index (χ3n) is 4.77. The van der Waals surface area contributed by atoms with Crippen molar-refractivity contribution in [2.45, 2.75) is 19.5 Å². The van der Waals surface area contributed by atoms with Gasteiger partial charge in [0.25, 0.3) is 11.5 Å². The Labute approximate surface area is 151 Å². The molecule has 132 valence electrons. The van der Waals surface area contributed by atoms with Crippen LogP contribution in [0, 0.1) is 0 Å². The summed E-state index contributed by atoms with van der Waals surface area (Å²) >= 11 is 0. The van der Waals surface area contributed by atoms with Gasteiger partial charge in [-0.3, -0.25) is 9.59 Å². The minimum atomic E-state index is -0.138. The number of nitrogens with zero attached hydrogens (tertiary/aromatic N) is 4. The molecule has 4 rings (SSSR count). The zero-order valence-corrected chi connectivity index (χ0v) is 14.6. The minimum Gasteiger partial charge on any atom is -0.347 e. The largest absolute Gasteiger partial charge is 0.347 e. The van der Waals surface area contributed by atoms with Gasteiger partial charge < -0.3 is 9.47 Å². The number of amides is 1. The Balaban J connectivity index is 1.57. The topological polar surface area (TPSA) is 60.1 Å². The van der Waals surface area contributed by atoms with Crippen molar-refractivity contribution in [3.63, 3.8) is 0 Å².